The Morgan fingerprint density at radius 2 is 1.13 bits per heavy atom. The van der Waals surface area contributed by atoms with Gasteiger partial charge in [-0.1, -0.05) is 103 Å². The van der Waals surface area contributed by atoms with E-state index in [2.05, 4.69) is 10.2 Å². The Morgan fingerprint density at radius 1 is 0.648 bits per heavy atom. The molecular weight excluding hydrogens is 720 g/mol. The highest BCUT2D eigenvalue weighted by molar-refractivity contribution is 5.85. The summed E-state index contributed by atoms with van der Waals surface area (Å²) in [7, 11) is 0. The number of ether oxygens (including phenoxy) is 2. The summed E-state index contributed by atoms with van der Waals surface area (Å²) in [6.07, 6.45) is -2.16. The fourth-order valence-corrected chi connectivity index (χ4v) is 8.19. The van der Waals surface area contributed by atoms with E-state index in [4.69, 9.17) is 9.47 Å². The molecule has 2 heterocycles. The summed E-state index contributed by atoms with van der Waals surface area (Å²) in [5.74, 6) is -6.95. The molecule has 284 valence electrons. The summed E-state index contributed by atoms with van der Waals surface area (Å²) in [5, 5.41) is 30.6. The molecule has 0 aliphatic carbocycles. The minimum Gasteiger partial charge on any atom is -0.382 e. The Kier molecular flexibility index (Phi) is 12.5. The lowest BCUT2D eigenvalue weighted by atomic mass is 9.58. The number of benzene rings is 5. The van der Waals surface area contributed by atoms with Gasteiger partial charge < -0.3 is 25.0 Å². The molecule has 6 nitrogen and oxygen atoms in total. The molecule has 0 radical (unpaired) electrons. The van der Waals surface area contributed by atoms with Gasteiger partial charge in [-0.2, -0.15) is 0 Å². The van der Waals surface area contributed by atoms with E-state index >= 15 is 8.78 Å². The van der Waals surface area contributed by atoms with Crippen LogP contribution in [0.15, 0.2) is 127 Å². The third kappa shape index (κ3) is 7.83. The molecule has 2 aliphatic heterocycles. The van der Waals surface area contributed by atoms with Crippen molar-refractivity contribution in [3.63, 3.8) is 0 Å². The van der Waals surface area contributed by atoms with Crippen LogP contribution in [0.1, 0.15) is 39.7 Å². The lowest BCUT2D eigenvalue weighted by Crippen LogP contribution is -2.61. The molecule has 0 bridgehead atoms. The predicted octanol–water partition coefficient (Wildman–Crippen LogP) is 7.20. The Morgan fingerprint density at radius 3 is 1.61 bits per heavy atom. The first-order valence-electron chi connectivity index (χ1n) is 17.9. The zero-order chi connectivity index (χ0) is 37.0. The molecule has 5 aromatic carbocycles. The smallest absolute Gasteiger partial charge is 0.129 e. The molecule has 2 saturated heterocycles. The minimum absolute atomic E-state index is 0. The number of morpholine rings is 2. The van der Waals surface area contributed by atoms with Crippen molar-refractivity contribution in [1.29, 1.82) is 0 Å². The van der Waals surface area contributed by atoms with Crippen molar-refractivity contribution in [1.82, 2.24) is 10.2 Å². The Balaban J connectivity index is 0.00000497. The SMILES string of the molecule is Cl.OC(c1ccccc1)(C1CNCCO1)C(c1ccc(F)cc1F)C(c1ccc(F)cc1F)C(O)(c1ccccc1)C1CN(Cc2ccccc2)CCO1. The first-order valence-corrected chi connectivity index (χ1v) is 17.9. The van der Waals surface area contributed by atoms with Gasteiger partial charge in [0.05, 0.1) is 13.2 Å². The van der Waals surface area contributed by atoms with E-state index in [0.29, 0.717) is 42.9 Å². The molecule has 11 heteroatoms. The summed E-state index contributed by atoms with van der Waals surface area (Å²) in [4.78, 5) is 2.11. The maximum absolute atomic E-state index is 16.7. The minimum atomic E-state index is -2.23. The predicted molar refractivity (Wildman–Crippen MR) is 200 cm³/mol. The average Bonchev–Trinajstić information content (AvgIpc) is 3.19. The third-order valence-corrected chi connectivity index (χ3v) is 10.7. The quantitative estimate of drug-likeness (QED) is 0.124. The molecule has 2 fully saturated rings. The topological polar surface area (TPSA) is 74.2 Å². The van der Waals surface area contributed by atoms with E-state index in [0.717, 1.165) is 17.7 Å². The second kappa shape index (κ2) is 17.1. The maximum atomic E-state index is 16.7. The van der Waals surface area contributed by atoms with Gasteiger partial charge in [0.25, 0.3) is 0 Å². The molecule has 0 aromatic heterocycles. The number of nitrogens with one attached hydrogen (secondary N) is 1. The van der Waals surface area contributed by atoms with Crippen molar-refractivity contribution in [2.24, 2.45) is 0 Å². The number of aliphatic hydroxyl groups is 2. The van der Waals surface area contributed by atoms with Gasteiger partial charge in [-0.3, -0.25) is 4.90 Å². The lowest BCUT2D eigenvalue weighted by molar-refractivity contribution is -0.192. The average molecular weight is 763 g/mol. The van der Waals surface area contributed by atoms with Crippen molar-refractivity contribution in [2.75, 3.05) is 39.4 Å². The zero-order valence-corrected chi connectivity index (χ0v) is 30.3. The van der Waals surface area contributed by atoms with Crippen LogP contribution in [0.3, 0.4) is 0 Å². The van der Waals surface area contributed by atoms with Crippen LogP contribution in [0.25, 0.3) is 0 Å². The van der Waals surface area contributed by atoms with Gasteiger partial charge in [0.15, 0.2) is 0 Å². The largest absolute Gasteiger partial charge is 0.382 e. The highest BCUT2D eigenvalue weighted by Gasteiger charge is 2.60. The number of halogens is 5. The van der Waals surface area contributed by atoms with Crippen LogP contribution in [0.5, 0.6) is 0 Å². The fraction of sp³-hybridized carbons (Fsp3) is 0.302. The van der Waals surface area contributed by atoms with Gasteiger partial charge in [0.1, 0.15) is 46.7 Å². The van der Waals surface area contributed by atoms with Crippen molar-refractivity contribution in [3.8, 4) is 0 Å². The van der Waals surface area contributed by atoms with Crippen molar-refractivity contribution in [2.45, 2.75) is 41.8 Å². The van der Waals surface area contributed by atoms with E-state index in [1.807, 2.05) is 30.3 Å². The molecule has 0 spiro atoms. The molecule has 7 rings (SSSR count). The van der Waals surface area contributed by atoms with Crippen LogP contribution in [-0.2, 0) is 27.2 Å². The first kappa shape index (κ1) is 39.6. The second-order valence-electron chi connectivity index (χ2n) is 13.8. The molecule has 0 amide bonds. The van der Waals surface area contributed by atoms with Gasteiger partial charge in [0.2, 0.25) is 0 Å². The van der Waals surface area contributed by atoms with Crippen LogP contribution in [-0.4, -0.2) is 66.7 Å². The van der Waals surface area contributed by atoms with Crippen molar-refractivity contribution < 1.29 is 37.2 Å². The second-order valence-corrected chi connectivity index (χ2v) is 13.8. The van der Waals surface area contributed by atoms with E-state index in [1.165, 1.54) is 12.1 Å². The highest BCUT2D eigenvalue weighted by atomic mass is 35.5. The van der Waals surface area contributed by atoms with Gasteiger partial charge in [0, 0.05) is 56.7 Å². The Bertz CT molecular complexity index is 1980. The number of rotatable bonds is 11. The molecule has 3 N–H and O–H groups in total. The standard InChI is InChI=1S/C43H42F4N2O4.ClH/c44-32-16-18-34(36(46)24-32)40(42(50,30-12-6-2-7-13-30)38-26-48-20-22-52-38)41(35-19-17-33(45)25-37(35)47)43(51,31-14-8-3-9-15-31)39-28-49(21-23-53-39)27-29-10-4-1-5-11-29;/h1-19,24-25,38-41,48,50-51H,20-23,26-28H2;1H. The maximum Gasteiger partial charge on any atom is 0.129 e. The van der Waals surface area contributed by atoms with Gasteiger partial charge in [-0.15, -0.1) is 12.4 Å². The van der Waals surface area contributed by atoms with E-state index in [-0.39, 0.29) is 49.8 Å². The molecule has 5 aromatic rings. The Labute approximate surface area is 318 Å². The van der Waals surface area contributed by atoms with Crippen LogP contribution < -0.4 is 5.32 Å². The van der Waals surface area contributed by atoms with Crippen LogP contribution in [0.4, 0.5) is 17.6 Å². The Hall–Kier alpha value is -4.13. The van der Waals surface area contributed by atoms with Gasteiger partial charge >= 0.3 is 0 Å². The summed E-state index contributed by atoms with van der Waals surface area (Å²) >= 11 is 0. The van der Waals surface area contributed by atoms with E-state index < -0.39 is 58.5 Å². The van der Waals surface area contributed by atoms with E-state index in [9.17, 15) is 19.0 Å². The fourth-order valence-electron chi connectivity index (χ4n) is 8.19. The number of hydrogen-bond donors (Lipinski definition) is 3. The normalized spacial score (nSPS) is 21.2. The number of nitrogens with zero attached hydrogens (tertiary/aromatic N) is 1. The highest BCUT2D eigenvalue weighted by Crippen LogP contribution is 2.57. The van der Waals surface area contributed by atoms with Crippen molar-refractivity contribution in [3.05, 3.63) is 178 Å². The molecule has 6 atom stereocenters. The van der Waals surface area contributed by atoms with E-state index in [1.54, 1.807) is 60.7 Å². The lowest BCUT2D eigenvalue weighted by Gasteiger charge is -2.53. The third-order valence-electron chi connectivity index (χ3n) is 10.7. The number of hydrogen-bond acceptors (Lipinski definition) is 6. The molecule has 54 heavy (non-hydrogen) atoms. The molecule has 0 saturated carbocycles. The molecule has 6 unspecified atom stereocenters. The summed E-state index contributed by atoms with van der Waals surface area (Å²) < 4.78 is 75.5. The first-order chi connectivity index (χ1) is 25.7. The summed E-state index contributed by atoms with van der Waals surface area (Å²) in [6.45, 7) is 2.18. The van der Waals surface area contributed by atoms with Crippen LogP contribution in [0.2, 0.25) is 0 Å². The summed E-state index contributed by atoms with van der Waals surface area (Å²) in [6, 6.07) is 32.8. The van der Waals surface area contributed by atoms with Gasteiger partial charge in [-0.25, -0.2) is 17.6 Å². The zero-order valence-electron chi connectivity index (χ0n) is 29.5. The van der Waals surface area contributed by atoms with Gasteiger partial charge in [-0.05, 0) is 39.9 Å². The van der Waals surface area contributed by atoms with Crippen LogP contribution >= 0.6 is 12.4 Å². The monoisotopic (exact) mass is 762 g/mol. The van der Waals surface area contributed by atoms with Crippen LogP contribution in [0, 0.1) is 23.3 Å². The molecule has 2 aliphatic rings. The van der Waals surface area contributed by atoms with Crippen molar-refractivity contribution >= 4 is 12.4 Å². The summed E-state index contributed by atoms with van der Waals surface area (Å²) in [5.41, 5.74) is -3.22. The molecular formula is C43H43ClF4N2O4.